The average molecular weight is 519 g/mol. The van der Waals surface area contributed by atoms with E-state index in [1.165, 1.54) is 4.90 Å². The second-order valence-corrected chi connectivity index (χ2v) is 7.52. The number of nitrogens with zero attached hydrogens (tertiary/aromatic N) is 4. The van der Waals surface area contributed by atoms with Crippen molar-refractivity contribution >= 4 is 47.2 Å². The quantitative estimate of drug-likeness (QED) is 0.378. The molecule has 1 saturated heterocycles. The molecule has 2 heterocycles. The summed E-state index contributed by atoms with van der Waals surface area (Å²) in [4.78, 5) is 23.3. The Morgan fingerprint density at radius 3 is 2.56 bits per heavy atom. The fraction of sp³-hybridized carbons (Fsp3) is 0.688. The van der Waals surface area contributed by atoms with Gasteiger partial charge >= 0.3 is 6.18 Å². The molecule has 27 heavy (non-hydrogen) atoms. The van der Waals surface area contributed by atoms with Crippen molar-refractivity contribution in [2.75, 3.05) is 33.7 Å². The van der Waals surface area contributed by atoms with E-state index in [0.717, 1.165) is 42.6 Å². The van der Waals surface area contributed by atoms with Crippen LogP contribution in [0.25, 0.3) is 0 Å². The van der Waals surface area contributed by atoms with Gasteiger partial charge in [-0.05, 0) is 18.8 Å². The van der Waals surface area contributed by atoms with Crippen molar-refractivity contribution in [1.29, 1.82) is 0 Å². The first-order valence-corrected chi connectivity index (χ1v) is 9.29. The molecule has 154 valence electrons. The number of carbonyl (C=O) groups excluding carboxylic acids is 1. The van der Waals surface area contributed by atoms with E-state index in [0.29, 0.717) is 16.9 Å². The van der Waals surface area contributed by atoms with Crippen LogP contribution in [0.15, 0.2) is 10.4 Å². The smallest absolute Gasteiger partial charge is 0.350 e. The molecule has 0 atom stereocenters. The molecule has 1 amide bonds. The summed E-state index contributed by atoms with van der Waals surface area (Å²) in [5.74, 6) is 1.03. The van der Waals surface area contributed by atoms with Gasteiger partial charge in [0.05, 0.1) is 6.54 Å². The Labute approximate surface area is 178 Å². The van der Waals surface area contributed by atoms with Gasteiger partial charge in [0.15, 0.2) is 11.7 Å². The van der Waals surface area contributed by atoms with Gasteiger partial charge in [-0.25, -0.2) is 9.98 Å². The van der Waals surface area contributed by atoms with Gasteiger partial charge < -0.3 is 15.1 Å². The van der Waals surface area contributed by atoms with Crippen LogP contribution in [0.1, 0.15) is 30.5 Å². The number of halogens is 4. The number of piperidine rings is 1. The molecule has 1 aromatic rings. The molecule has 6 nitrogen and oxygen atoms in total. The van der Waals surface area contributed by atoms with Gasteiger partial charge in [0, 0.05) is 32.6 Å². The number of guanidine groups is 1. The Bertz CT molecular complexity index is 642. The molecule has 2 rings (SSSR count). The normalized spacial score (nSPS) is 16.1. The maximum atomic E-state index is 12.7. The first-order chi connectivity index (χ1) is 12.2. The molecule has 11 heteroatoms. The van der Waals surface area contributed by atoms with E-state index >= 15 is 0 Å². The van der Waals surface area contributed by atoms with E-state index in [9.17, 15) is 18.0 Å². The van der Waals surface area contributed by atoms with E-state index in [2.05, 4.69) is 22.2 Å². The van der Waals surface area contributed by atoms with Crippen LogP contribution in [0.2, 0.25) is 0 Å². The summed E-state index contributed by atoms with van der Waals surface area (Å²) in [7, 11) is 3.31. The highest BCUT2D eigenvalue weighted by Gasteiger charge is 2.33. The summed E-state index contributed by atoms with van der Waals surface area (Å²) in [5.41, 5.74) is -0.882. The molecule has 0 unspecified atom stereocenters. The highest BCUT2D eigenvalue weighted by molar-refractivity contribution is 14.0. The third-order valence-corrected chi connectivity index (χ3v) is 5.03. The van der Waals surface area contributed by atoms with Crippen LogP contribution in [0.4, 0.5) is 13.2 Å². The first-order valence-electron chi connectivity index (χ1n) is 8.42. The molecular formula is C16H25F3IN5OS. The molecule has 1 fully saturated rings. The van der Waals surface area contributed by atoms with Crippen LogP contribution < -0.4 is 5.32 Å². The lowest BCUT2D eigenvalue weighted by molar-refractivity contribution is -0.140. The summed E-state index contributed by atoms with van der Waals surface area (Å²) in [6.45, 7) is 3.92. The van der Waals surface area contributed by atoms with Crippen LogP contribution in [0.3, 0.4) is 0 Å². The number of aromatic nitrogens is 1. The average Bonchev–Trinajstić information content (AvgIpc) is 3.05. The topological polar surface area (TPSA) is 60.8 Å². The molecule has 0 bridgehead atoms. The summed E-state index contributed by atoms with van der Waals surface area (Å²) < 4.78 is 38.0. The van der Waals surface area contributed by atoms with Gasteiger partial charge in [0.25, 0.3) is 0 Å². The van der Waals surface area contributed by atoms with Crippen molar-refractivity contribution in [2.24, 2.45) is 10.9 Å². The highest BCUT2D eigenvalue weighted by atomic mass is 127. The molecule has 0 spiro atoms. The maximum absolute atomic E-state index is 12.7. The van der Waals surface area contributed by atoms with Crippen LogP contribution in [0, 0.1) is 5.92 Å². The van der Waals surface area contributed by atoms with Crippen LogP contribution in [0.5, 0.6) is 0 Å². The monoisotopic (exact) mass is 519 g/mol. The zero-order valence-corrected chi connectivity index (χ0v) is 18.7. The van der Waals surface area contributed by atoms with E-state index in [1.54, 1.807) is 14.1 Å². The maximum Gasteiger partial charge on any atom is 0.434 e. The molecule has 1 aromatic heterocycles. The zero-order valence-electron chi connectivity index (χ0n) is 15.5. The lowest BCUT2D eigenvalue weighted by Gasteiger charge is -2.33. The molecule has 0 saturated carbocycles. The third-order valence-electron chi connectivity index (χ3n) is 4.19. The van der Waals surface area contributed by atoms with Crippen LogP contribution >= 0.6 is 35.3 Å². The van der Waals surface area contributed by atoms with Gasteiger partial charge in [-0.2, -0.15) is 13.2 Å². The molecule has 0 aromatic carbocycles. The number of likely N-dealkylation sites (N-methyl/N-ethyl adjacent to an activating group) is 1. The van der Waals surface area contributed by atoms with Gasteiger partial charge in [-0.15, -0.1) is 35.3 Å². The summed E-state index contributed by atoms with van der Waals surface area (Å²) in [6, 6.07) is 0. The van der Waals surface area contributed by atoms with Crippen molar-refractivity contribution in [3.05, 3.63) is 16.1 Å². The minimum Gasteiger partial charge on any atom is -0.350 e. The van der Waals surface area contributed by atoms with Crippen molar-refractivity contribution < 1.29 is 18.0 Å². The van der Waals surface area contributed by atoms with Crippen molar-refractivity contribution in [3.8, 4) is 0 Å². The molecule has 0 radical (unpaired) electrons. The number of thiazole rings is 1. The van der Waals surface area contributed by atoms with E-state index < -0.39 is 11.9 Å². The van der Waals surface area contributed by atoms with Gasteiger partial charge in [0.2, 0.25) is 5.91 Å². The van der Waals surface area contributed by atoms with Gasteiger partial charge in [0.1, 0.15) is 11.6 Å². The SMILES string of the molecule is CC1CCN(C(=NCC(=O)N(C)C)NCc2nc(C(F)(F)F)cs2)CC1.I. The van der Waals surface area contributed by atoms with Crippen LogP contribution in [-0.4, -0.2) is 60.4 Å². The van der Waals surface area contributed by atoms with Gasteiger partial charge in [-0.1, -0.05) is 6.92 Å². The third kappa shape index (κ3) is 7.43. The molecular weight excluding hydrogens is 494 g/mol. The number of nitrogens with one attached hydrogen (secondary N) is 1. The lowest BCUT2D eigenvalue weighted by Crippen LogP contribution is -2.45. The van der Waals surface area contributed by atoms with Crippen LogP contribution in [-0.2, 0) is 17.5 Å². The fourth-order valence-electron chi connectivity index (χ4n) is 2.45. The number of hydrogen-bond donors (Lipinski definition) is 1. The molecule has 0 aliphatic carbocycles. The van der Waals surface area contributed by atoms with Crippen molar-refractivity contribution in [2.45, 2.75) is 32.5 Å². The lowest BCUT2D eigenvalue weighted by atomic mass is 10.00. The molecule has 1 aliphatic heterocycles. The predicted molar refractivity (Wildman–Crippen MR) is 110 cm³/mol. The number of rotatable bonds is 4. The summed E-state index contributed by atoms with van der Waals surface area (Å²) in [6.07, 6.45) is -2.41. The minimum absolute atomic E-state index is 0. The van der Waals surface area contributed by atoms with Gasteiger partial charge in [-0.3, -0.25) is 4.79 Å². The number of likely N-dealkylation sites (tertiary alicyclic amines) is 1. The molecule has 1 aliphatic rings. The fourth-order valence-corrected chi connectivity index (χ4v) is 3.19. The number of amides is 1. The molecule has 1 N–H and O–H groups in total. The Hall–Kier alpha value is -1.11. The van der Waals surface area contributed by atoms with Crippen molar-refractivity contribution in [3.63, 3.8) is 0 Å². The second-order valence-electron chi connectivity index (χ2n) is 6.58. The number of aliphatic imine (C=N–C) groups is 1. The van der Waals surface area contributed by atoms with E-state index in [4.69, 9.17) is 0 Å². The predicted octanol–water partition coefficient (Wildman–Crippen LogP) is 3.05. The highest BCUT2D eigenvalue weighted by Crippen LogP contribution is 2.29. The summed E-state index contributed by atoms with van der Waals surface area (Å²) in [5, 5.41) is 4.40. The van der Waals surface area contributed by atoms with Crippen molar-refractivity contribution in [1.82, 2.24) is 20.1 Å². The Kier molecular flexibility index (Phi) is 9.25. The standard InChI is InChI=1S/C16H24F3N5OS.HI/c1-11-4-6-24(7-5-11)15(21-9-14(25)23(2)3)20-8-13-22-12(10-26-13)16(17,18)19;/h10-11H,4-9H2,1-3H3,(H,20,21);1H. The number of alkyl halides is 3. The zero-order chi connectivity index (χ0) is 19.3. The largest absolute Gasteiger partial charge is 0.434 e. The van der Waals surface area contributed by atoms with E-state index in [-0.39, 0.29) is 43.0 Å². The second kappa shape index (κ2) is 10.4. The Morgan fingerprint density at radius 2 is 2.04 bits per heavy atom. The first kappa shape index (κ1) is 23.9. The minimum atomic E-state index is -4.44. The Balaban J connectivity index is 0.00000364. The number of hydrogen-bond acceptors (Lipinski definition) is 4. The Morgan fingerprint density at radius 1 is 1.41 bits per heavy atom. The summed E-state index contributed by atoms with van der Waals surface area (Å²) >= 11 is 0.952. The number of carbonyl (C=O) groups is 1. The van der Waals surface area contributed by atoms with E-state index in [1.807, 2.05) is 4.90 Å².